The van der Waals surface area contributed by atoms with Gasteiger partial charge in [-0.25, -0.2) is 14.6 Å². The topological polar surface area (TPSA) is 166 Å². The lowest BCUT2D eigenvalue weighted by atomic mass is 10.0. The van der Waals surface area contributed by atoms with E-state index >= 15 is 0 Å². The molecule has 0 spiro atoms. The van der Waals surface area contributed by atoms with Crippen molar-refractivity contribution in [1.29, 1.82) is 0 Å². The van der Waals surface area contributed by atoms with Crippen molar-refractivity contribution >= 4 is 23.8 Å². The first-order valence-corrected chi connectivity index (χ1v) is 13.0. The van der Waals surface area contributed by atoms with Crippen molar-refractivity contribution in [2.75, 3.05) is 13.7 Å². The molecule has 2 aromatic heterocycles. The number of amides is 2. The molecule has 3 rings (SSSR count). The predicted molar refractivity (Wildman–Crippen MR) is 145 cm³/mol. The highest BCUT2D eigenvalue weighted by molar-refractivity contribution is 5.96. The zero-order valence-electron chi connectivity index (χ0n) is 23.4. The van der Waals surface area contributed by atoms with Gasteiger partial charge in [-0.3, -0.25) is 14.7 Å². The second kappa shape index (κ2) is 13.5. The summed E-state index contributed by atoms with van der Waals surface area (Å²) in [5, 5.41) is 12.2. The van der Waals surface area contributed by atoms with Crippen LogP contribution in [0, 0.1) is 11.8 Å². The summed E-state index contributed by atoms with van der Waals surface area (Å²) in [5.74, 6) is -2.04. The molecule has 2 amide bonds. The fourth-order valence-electron chi connectivity index (χ4n) is 3.92. The molecule has 40 heavy (non-hydrogen) atoms. The van der Waals surface area contributed by atoms with E-state index in [1.807, 2.05) is 13.8 Å². The molecule has 3 aromatic rings. The number of esters is 2. The number of methoxy groups -OCH3 is 1. The standard InChI is InChI=1S/C28H35N5O7/c1-7-39-28(37)23(16(4)5)31-25(35)22-14-29-26(40-22)18-10-8-9-17(12-18)19-13-20(33-32-19)24(34)30-21(11-15(2)3)27(36)38-6/h8-10,12-16,21,23H,7,11H2,1-6H3,(H,30,34)(H,31,35)(H,32,33). The average Bonchev–Trinajstić information content (AvgIpc) is 3.61. The van der Waals surface area contributed by atoms with Gasteiger partial charge in [0.2, 0.25) is 11.7 Å². The van der Waals surface area contributed by atoms with Gasteiger partial charge >= 0.3 is 11.9 Å². The molecular weight excluding hydrogens is 518 g/mol. The second-order valence-electron chi connectivity index (χ2n) is 9.90. The van der Waals surface area contributed by atoms with E-state index in [0.717, 1.165) is 0 Å². The van der Waals surface area contributed by atoms with Gasteiger partial charge in [-0.05, 0) is 43.4 Å². The minimum Gasteiger partial charge on any atom is -0.467 e. The highest BCUT2D eigenvalue weighted by Gasteiger charge is 2.28. The molecule has 0 aliphatic rings. The van der Waals surface area contributed by atoms with E-state index in [2.05, 4.69) is 25.8 Å². The van der Waals surface area contributed by atoms with Gasteiger partial charge < -0.3 is 24.5 Å². The SMILES string of the molecule is CCOC(=O)C(NC(=O)c1cnc(-c2cccc(-c3cc(C(=O)NC(CC(C)C)C(=O)OC)n[nH]3)c2)o1)C(C)C. The highest BCUT2D eigenvalue weighted by Crippen LogP contribution is 2.26. The molecule has 2 unspecified atom stereocenters. The van der Waals surface area contributed by atoms with Crippen LogP contribution < -0.4 is 10.6 Å². The largest absolute Gasteiger partial charge is 0.467 e. The van der Waals surface area contributed by atoms with Crippen LogP contribution in [-0.2, 0) is 19.1 Å². The van der Waals surface area contributed by atoms with Gasteiger partial charge in [0.25, 0.3) is 11.8 Å². The molecule has 0 aliphatic carbocycles. The molecule has 1 aromatic carbocycles. The van der Waals surface area contributed by atoms with Crippen LogP contribution in [0.3, 0.4) is 0 Å². The van der Waals surface area contributed by atoms with Crippen molar-refractivity contribution in [2.24, 2.45) is 11.8 Å². The molecule has 0 radical (unpaired) electrons. The maximum Gasteiger partial charge on any atom is 0.328 e. The quantitative estimate of drug-likeness (QED) is 0.285. The minimum atomic E-state index is -0.829. The number of rotatable bonds is 12. The Morgan fingerprint density at radius 2 is 1.73 bits per heavy atom. The smallest absolute Gasteiger partial charge is 0.328 e. The van der Waals surface area contributed by atoms with Gasteiger partial charge in [-0.1, -0.05) is 39.8 Å². The molecule has 12 heteroatoms. The number of aromatic nitrogens is 3. The third-order valence-electron chi connectivity index (χ3n) is 5.95. The number of oxazole rings is 1. The molecule has 214 valence electrons. The van der Waals surface area contributed by atoms with Gasteiger partial charge in [-0.15, -0.1) is 0 Å². The number of nitrogens with one attached hydrogen (secondary N) is 3. The number of aromatic amines is 1. The third kappa shape index (κ3) is 7.55. The van der Waals surface area contributed by atoms with Crippen molar-refractivity contribution < 1.29 is 33.1 Å². The number of carbonyl (C=O) groups excluding carboxylic acids is 4. The minimum absolute atomic E-state index is 0.0580. The van der Waals surface area contributed by atoms with Crippen molar-refractivity contribution in [3.8, 4) is 22.7 Å². The zero-order valence-corrected chi connectivity index (χ0v) is 23.4. The lowest BCUT2D eigenvalue weighted by molar-refractivity contribution is -0.146. The summed E-state index contributed by atoms with van der Waals surface area (Å²) in [5.41, 5.74) is 1.91. The van der Waals surface area contributed by atoms with E-state index in [-0.39, 0.29) is 35.8 Å². The summed E-state index contributed by atoms with van der Waals surface area (Å²) in [6, 6.07) is 7.03. The Kier molecular flexibility index (Phi) is 10.2. The first kappa shape index (κ1) is 30.1. The Balaban J connectivity index is 1.75. The Bertz CT molecular complexity index is 1340. The van der Waals surface area contributed by atoms with Crippen LogP contribution in [-0.4, -0.2) is 64.7 Å². The summed E-state index contributed by atoms with van der Waals surface area (Å²) in [4.78, 5) is 54.0. The van der Waals surface area contributed by atoms with E-state index in [1.54, 1.807) is 51.1 Å². The molecule has 0 aliphatic heterocycles. The fourth-order valence-corrected chi connectivity index (χ4v) is 3.92. The summed E-state index contributed by atoms with van der Waals surface area (Å²) >= 11 is 0. The van der Waals surface area contributed by atoms with Crippen molar-refractivity contribution in [1.82, 2.24) is 25.8 Å². The molecule has 2 heterocycles. The molecule has 0 bridgehead atoms. The maximum absolute atomic E-state index is 12.8. The molecule has 3 N–H and O–H groups in total. The van der Waals surface area contributed by atoms with E-state index < -0.39 is 35.8 Å². The fraction of sp³-hybridized carbons (Fsp3) is 0.429. The number of hydrogen-bond acceptors (Lipinski definition) is 9. The summed E-state index contributed by atoms with van der Waals surface area (Å²) < 4.78 is 15.5. The Labute approximate surface area is 232 Å². The Hall–Kier alpha value is -4.48. The van der Waals surface area contributed by atoms with Crippen LogP contribution in [0.4, 0.5) is 0 Å². The first-order valence-electron chi connectivity index (χ1n) is 13.0. The molecule has 0 saturated heterocycles. The molecule has 2 atom stereocenters. The Morgan fingerprint density at radius 1 is 1.00 bits per heavy atom. The Morgan fingerprint density at radius 3 is 2.38 bits per heavy atom. The van der Waals surface area contributed by atoms with Crippen LogP contribution in [0.5, 0.6) is 0 Å². The summed E-state index contributed by atoms with van der Waals surface area (Å²) in [6.07, 6.45) is 1.71. The average molecular weight is 554 g/mol. The predicted octanol–water partition coefficient (Wildman–Crippen LogP) is 3.37. The molecule has 0 saturated carbocycles. The highest BCUT2D eigenvalue weighted by atomic mass is 16.5. The molecular formula is C28H35N5O7. The van der Waals surface area contributed by atoms with Crippen LogP contribution in [0.1, 0.15) is 62.1 Å². The molecule has 12 nitrogen and oxygen atoms in total. The lowest BCUT2D eigenvalue weighted by Crippen LogP contribution is -2.45. The lowest BCUT2D eigenvalue weighted by Gasteiger charge is -2.19. The normalized spacial score (nSPS) is 12.6. The van der Waals surface area contributed by atoms with Crippen molar-refractivity contribution in [2.45, 2.75) is 53.1 Å². The van der Waals surface area contributed by atoms with Crippen LogP contribution in [0.2, 0.25) is 0 Å². The number of H-pyrrole nitrogens is 1. The van der Waals surface area contributed by atoms with Gasteiger partial charge in [0.05, 0.1) is 25.6 Å². The van der Waals surface area contributed by atoms with Crippen LogP contribution in [0.15, 0.2) is 40.9 Å². The van der Waals surface area contributed by atoms with E-state index in [0.29, 0.717) is 23.2 Å². The van der Waals surface area contributed by atoms with Crippen LogP contribution >= 0.6 is 0 Å². The van der Waals surface area contributed by atoms with E-state index in [9.17, 15) is 19.2 Å². The summed E-state index contributed by atoms with van der Waals surface area (Å²) in [7, 11) is 1.27. The summed E-state index contributed by atoms with van der Waals surface area (Å²) in [6.45, 7) is 9.38. The van der Waals surface area contributed by atoms with Gasteiger partial charge in [0, 0.05) is 11.1 Å². The number of ether oxygens (including phenoxy) is 2. The monoisotopic (exact) mass is 553 g/mol. The maximum atomic E-state index is 12.8. The number of benzene rings is 1. The number of nitrogens with zero attached hydrogens (tertiary/aromatic N) is 2. The van der Waals surface area contributed by atoms with Crippen molar-refractivity contribution in [3.05, 3.63) is 48.0 Å². The number of carbonyl (C=O) groups is 4. The molecule has 0 fully saturated rings. The van der Waals surface area contributed by atoms with Crippen molar-refractivity contribution in [3.63, 3.8) is 0 Å². The van der Waals surface area contributed by atoms with E-state index in [4.69, 9.17) is 13.9 Å². The number of hydrogen-bond donors (Lipinski definition) is 3. The van der Waals surface area contributed by atoms with Gasteiger partial charge in [0.15, 0.2) is 5.69 Å². The zero-order chi connectivity index (χ0) is 29.4. The first-order chi connectivity index (χ1) is 19.0. The van der Waals surface area contributed by atoms with Gasteiger partial charge in [-0.2, -0.15) is 5.10 Å². The van der Waals surface area contributed by atoms with E-state index in [1.165, 1.54) is 13.3 Å². The van der Waals surface area contributed by atoms with Gasteiger partial charge in [0.1, 0.15) is 12.1 Å². The second-order valence-corrected chi connectivity index (χ2v) is 9.90. The third-order valence-corrected chi connectivity index (χ3v) is 5.95. The van der Waals surface area contributed by atoms with Crippen LogP contribution in [0.25, 0.3) is 22.7 Å².